The maximum absolute atomic E-state index is 13.5. The van der Waals surface area contributed by atoms with Crippen LogP contribution in [-0.4, -0.2) is 31.6 Å². The number of hydrogen-bond acceptors (Lipinski definition) is 2. The molecule has 0 aliphatic rings. The quantitative estimate of drug-likeness (QED) is 0.461. The van der Waals surface area contributed by atoms with Crippen LogP contribution in [0.25, 0.3) is 10.9 Å². The van der Waals surface area contributed by atoms with Gasteiger partial charge in [0.25, 0.3) is 0 Å². The van der Waals surface area contributed by atoms with Crippen molar-refractivity contribution < 1.29 is 9.13 Å². The first kappa shape index (κ1) is 18.8. The fourth-order valence-electron chi connectivity index (χ4n) is 3.07. The number of rotatable bonds is 6. The minimum atomic E-state index is -0.221. The Labute approximate surface area is 158 Å². The second-order valence-corrected chi connectivity index (χ2v) is 6.42. The molecule has 142 valence electrons. The highest BCUT2D eigenvalue weighted by Crippen LogP contribution is 2.20. The molecule has 0 unspecified atom stereocenters. The van der Waals surface area contributed by atoms with Crippen molar-refractivity contribution in [3.63, 3.8) is 0 Å². The number of aromatic nitrogens is 1. The van der Waals surface area contributed by atoms with Crippen molar-refractivity contribution in [2.24, 2.45) is 4.99 Å². The van der Waals surface area contributed by atoms with Crippen molar-refractivity contribution in [3.8, 4) is 5.75 Å². The number of fused-ring (bicyclic) bond motifs is 1. The summed E-state index contributed by atoms with van der Waals surface area (Å²) in [5, 5.41) is 7.51. The summed E-state index contributed by atoms with van der Waals surface area (Å²) in [5.74, 6) is 1.35. The van der Waals surface area contributed by atoms with Crippen LogP contribution in [0.3, 0.4) is 0 Å². The summed E-state index contributed by atoms with van der Waals surface area (Å²) >= 11 is 0. The lowest BCUT2D eigenvalue weighted by molar-refractivity contribution is 0.408. The zero-order valence-electron chi connectivity index (χ0n) is 15.9. The van der Waals surface area contributed by atoms with E-state index >= 15 is 0 Å². The molecule has 0 bridgehead atoms. The predicted molar refractivity (Wildman–Crippen MR) is 108 cm³/mol. The van der Waals surface area contributed by atoms with Crippen LogP contribution in [-0.2, 0) is 13.0 Å². The molecule has 0 radical (unpaired) electrons. The third kappa shape index (κ3) is 4.58. The van der Waals surface area contributed by atoms with Crippen LogP contribution >= 0.6 is 0 Å². The average molecular weight is 368 g/mol. The number of halogens is 1. The third-order valence-corrected chi connectivity index (χ3v) is 4.53. The predicted octanol–water partition coefficient (Wildman–Crippen LogP) is 3.53. The van der Waals surface area contributed by atoms with Crippen molar-refractivity contribution in [1.82, 2.24) is 15.6 Å². The molecule has 0 spiro atoms. The van der Waals surface area contributed by atoms with E-state index in [1.165, 1.54) is 6.07 Å². The maximum Gasteiger partial charge on any atom is 0.191 e. The number of ether oxygens (including phenoxy) is 1. The molecule has 0 saturated heterocycles. The van der Waals surface area contributed by atoms with Gasteiger partial charge in [0.1, 0.15) is 11.6 Å². The first-order valence-corrected chi connectivity index (χ1v) is 8.94. The number of benzene rings is 2. The van der Waals surface area contributed by atoms with Gasteiger partial charge in [0.15, 0.2) is 5.96 Å². The second kappa shape index (κ2) is 8.58. The van der Waals surface area contributed by atoms with Crippen LogP contribution in [0.1, 0.15) is 16.7 Å². The molecule has 0 saturated carbocycles. The molecule has 3 N–H and O–H groups in total. The number of guanidine groups is 1. The Morgan fingerprint density at radius 2 is 2.00 bits per heavy atom. The molecule has 3 aromatic rings. The lowest BCUT2D eigenvalue weighted by Gasteiger charge is -2.14. The summed E-state index contributed by atoms with van der Waals surface area (Å²) in [6.45, 7) is 3.34. The monoisotopic (exact) mass is 368 g/mol. The summed E-state index contributed by atoms with van der Waals surface area (Å²) < 4.78 is 18.9. The Balaban J connectivity index is 1.56. The number of methoxy groups -OCH3 is 1. The minimum absolute atomic E-state index is 0.221. The number of aromatic amines is 1. The topological polar surface area (TPSA) is 61.4 Å². The molecule has 27 heavy (non-hydrogen) atoms. The standard InChI is InChI=1S/C21H25FN4O/c1-14-4-5-16(20(10-14)27-3)13-26-21(23-2)24-9-8-15-12-25-19-7-6-17(22)11-18(15)19/h4-7,10-12,25H,8-9,13H2,1-3H3,(H2,23,24,26). The number of hydrogen-bond donors (Lipinski definition) is 3. The van der Waals surface area contributed by atoms with Crippen LogP contribution in [0, 0.1) is 12.7 Å². The van der Waals surface area contributed by atoms with Crippen molar-refractivity contribution in [3.05, 3.63) is 65.1 Å². The Morgan fingerprint density at radius 1 is 1.15 bits per heavy atom. The van der Waals surface area contributed by atoms with Gasteiger partial charge in [-0.25, -0.2) is 4.39 Å². The van der Waals surface area contributed by atoms with Crippen molar-refractivity contribution in [2.75, 3.05) is 20.7 Å². The highest BCUT2D eigenvalue weighted by Gasteiger charge is 2.07. The summed E-state index contributed by atoms with van der Waals surface area (Å²) in [6, 6.07) is 10.9. The Bertz CT molecular complexity index is 949. The Kier molecular flexibility index (Phi) is 5.96. The molecule has 0 aliphatic heterocycles. The fourth-order valence-corrected chi connectivity index (χ4v) is 3.07. The van der Waals surface area contributed by atoms with E-state index in [1.807, 2.05) is 19.2 Å². The van der Waals surface area contributed by atoms with Gasteiger partial charge in [-0.1, -0.05) is 12.1 Å². The molecule has 0 aliphatic carbocycles. The molecule has 5 nitrogen and oxygen atoms in total. The van der Waals surface area contributed by atoms with Crippen molar-refractivity contribution in [2.45, 2.75) is 19.9 Å². The van der Waals surface area contributed by atoms with E-state index in [0.29, 0.717) is 19.0 Å². The van der Waals surface area contributed by atoms with Gasteiger partial charge >= 0.3 is 0 Å². The SMILES string of the molecule is CN=C(NCCc1c[nH]c2ccc(F)cc12)NCc1ccc(C)cc1OC. The molecule has 0 atom stereocenters. The van der Waals surface area contributed by atoms with E-state index in [-0.39, 0.29) is 5.82 Å². The number of nitrogens with one attached hydrogen (secondary N) is 3. The van der Waals surface area contributed by atoms with Gasteiger partial charge in [-0.2, -0.15) is 0 Å². The van der Waals surface area contributed by atoms with Gasteiger partial charge in [-0.05, 0) is 48.7 Å². The van der Waals surface area contributed by atoms with Crippen LogP contribution in [0.4, 0.5) is 4.39 Å². The van der Waals surface area contributed by atoms with Crippen LogP contribution in [0.15, 0.2) is 47.6 Å². The van der Waals surface area contributed by atoms with Crippen LogP contribution in [0.2, 0.25) is 0 Å². The largest absolute Gasteiger partial charge is 0.496 e. The summed E-state index contributed by atoms with van der Waals surface area (Å²) in [6.07, 6.45) is 2.69. The Hall–Kier alpha value is -3.02. The van der Waals surface area contributed by atoms with Gasteiger partial charge < -0.3 is 20.4 Å². The van der Waals surface area contributed by atoms with E-state index in [4.69, 9.17) is 4.74 Å². The zero-order valence-corrected chi connectivity index (χ0v) is 15.9. The van der Waals surface area contributed by atoms with Crippen molar-refractivity contribution in [1.29, 1.82) is 0 Å². The number of H-pyrrole nitrogens is 1. The molecule has 6 heteroatoms. The molecule has 0 fully saturated rings. The highest BCUT2D eigenvalue weighted by atomic mass is 19.1. The van der Waals surface area contributed by atoms with E-state index in [9.17, 15) is 4.39 Å². The fraction of sp³-hybridized carbons (Fsp3) is 0.286. The first-order chi connectivity index (χ1) is 13.1. The molecular weight excluding hydrogens is 343 g/mol. The van der Waals surface area contributed by atoms with Gasteiger partial charge in [-0.15, -0.1) is 0 Å². The average Bonchev–Trinajstić information content (AvgIpc) is 3.07. The number of aryl methyl sites for hydroxylation is 1. The van der Waals surface area contributed by atoms with E-state index in [0.717, 1.165) is 39.8 Å². The third-order valence-electron chi connectivity index (χ3n) is 4.53. The zero-order chi connectivity index (χ0) is 19.2. The van der Waals surface area contributed by atoms with E-state index < -0.39 is 0 Å². The van der Waals surface area contributed by atoms with E-state index in [1.54, 1.807) is 26.3 Å². The smallest absolute Gasteiger partial charge is 0.191 e. The molecule has 1 heterocycles. The van der Waals surface area contributed by atoms with Gasteiger partial charge in [0.05, 0.1) is 7.11 Å². The van der Waals surface area contributed by atoms with Gasteiger partial charge in [0, 0.05) is 42.8 Å². The summed E-state index contributed by atoms with van der Waals surface area (Å²) in [7, 11) is 3.41. The summed E-state index contributed by atoms with van der Waals surface area (Å²) in [5.41, 5.74) is 4.25. The van der Waals surface area contributed by atoms with Crippen LogP contribution < -0.4 is 15.4 Å². The Morgan fingerprint density at radius 3 is 2.78 bits per heavy atom. The molecule has 2 aromatic carbocycles. The second-order valence-electron chi connectivity index (χ2n) is 6.42. The highest BCUT2D eigenvalue weighted by molar-refractivity contribution is 5.83. The molecule has 0 amide bonds. The van der Waals surface area contributed by atoms with E-state index in [2.05, 4.69) is 32.7 Å². The first-order valence-electron chi connectivity index (χ1n) is 8.94. The van der Waals surface area contributed by atoms with Gasteiger partial charge in [0.2, 0.25) is 0 Å². The summed E-state index contributed by atoms with van der Waals surface area (Å²) in [4.78, 5) is 7.43. The number of nitrogens with zero attached hydrogens (tertiary/aromatic N) is 1. The lowest BCUT2D eigenvalue weighted by atomic mass is 10.1. The normalized spacial score (nSPS) is 11.6. The molecule has 1 aromatic heterocycles. The molecular formula is C21H25FN4O. The number of aliphatic imine (C=N–C) groups is 1. The van der Waals surface area contributed by atoms with Crippen molar-refractivity contribution >= 4 is 16.9 Å². The maximum atomic E-state index is 13.5. The lowest BCUT2D eigenvalue weighted by Crippen LogP contribution is -2.37. The minimum Gasteiger partial charge on any atom is -0.496 e. The van der Waals surface area contributed by atoms with Crippen LogP contribution in [0.5, 0.6) is 5.75 Å². The molecule has 3 rings (SSSR count). The van der Waals surface area contributed by atoms with Gasteiger partial charge in [-0.3, -0.25) is 4.99 Å².